The number of hydrogen-bond donors (Lipinski definition) is 2. The number of carbonyl (C=O) groups is 1. The molecule has 1 saturated heterocycles. The Hall–Kier alpha value is -4.09. The molecule has 40 heavy (non-hydrogen) atoms. The number of nitrogens with zero attached hydrogens (tertiary/aromatic N) is 5. The number of hydrogen-bond acceptors (Lipinski definition) is 5. The summed E-state index contributed by atoms with van der Waals surface area (Å²) in [5.41, 5.74) is 3.69. The highest BCUT2D eigenvalue weighted by molar-refractivity contribution is 5.91. The van der Waals surface area contributed by atoms with E-state index in [9.17, 15) is 13.6 Å². The number of aromatic nitrogens is 4. The van der Waals surface area contributed by atoms with E-state index < -0.39 is 17.7 Å². The van der Waals surface area contributed by atoms with Gasteiger partial charge in [0, 0.05) is 44.1 Å². The summed E-state index contributed by atoms with van der Waals surface area (Å²) in [6, 6.07) is 12.4. The van der Waals surface area contributed by atoms with Crippen LogP contribution < -0.4 is 10.6 Å². The quantitative estimate of drug-likeness (QED) is 0.329. The average Bonchev–Trinajstić information content (AvgIpc) is 3.60. The molecular weight excluding hydrogens is 516 g/mol. The van der Waals surface area contributed by atoms with E-state index in [4.69, 9.17) is 9.84 Å². The van der Waals surface area contributed by atoms with Crippen LogP contribution in [0.15, 0.2) is 60.9 Å². The topological polar surface area (TPSA) is 89.2 Å². The normalized spacial score (nSPS) is 19.2. The molecule has 2 N–H and O–H groups in total. The van der Waals surface area contributed by atoms with Crippen LogP contribution in [0.2, 0.25) is 0 Å². The fourth-order valence-corrected chi connectivity index (χ4v) is 5.50. The summed E-state index contributed by atoms with van der Waals surface area (Å²) in [6.45, 7) is 2.45. The SMILES string of the molecule is COCCC1C[C@@H](NC(=O)Nc2c(C)c(-c3cnn(C)c3)nn2-c2ccccc2)[C@H](c2ccc(F)c(F)c2)N1C. The van der Waals surface area contributed by atoms with Gasteiger partial charge in [-0.1, -0.05) is 24.3 Å². The second kappa shape index (κ2) is 11.6. The van der Waals surface area contributed by atoms with Crippen molar-refractivity contribution in [2.24, 2.45) is 7.05 Å². The molecule has 9 nitrogen and oxygen atoms in total. The van der Waals surface area contributed by atoms with E-state index in [1.807, 2.05) is 57.5 Å². The molecule has 1 aliphatic heterocycles. The molecule has 0 radical (unpaired) electrons. The van der Waals surface area contributed by atoms with Gasteiger partial charge in [-0.3, -0.25) is 14.9 Å². The summed E-state index contributed by atoms with van der Waals surface area (Å²) in [7, 11) is 5.41. The van der Waals surface area contributed by atoms with E-state index in [2.05, 4.69) is 20.6 Å². The molecule has 2 aromatic carbocycles. The van der Waals surface area contributed by atoms with Gasteiger partial charge in [-0.25, -0.2) is 18.3 Å². The van der Waals surface area contributed by atoms with Crippen molar-refractivity contribution in [3.63, 3.8) is 0 Å². The van der Waals surface area contributed by atoms with Gasteiger partial charge >= 0.3 is 6.03 Å². The first kappa shape index (κ1) is 27.5. The van der Waals surface area contributed by atoms with Crippen LogP contribution in [-0.2, 0) is 11.8 Å². The van der Waals surface area contributed by atoms with Crippen LogP contribution in [0.4, 0.5) is 19.4 Å². The van der Waals surface area contributed by atoms with Crippen LogP contribution in [0, 0.1) is 18.6 Å². The van der Waals surface area contributed by atoms with Crippen LogP contribution >= 0.6 is 0 Å². The number of amides is 2. The summed E-state index contributed by atoms with van der Waals surface area (Å²) in [5, 5.41) is 15.2. The number of halogens is 2. The van der Waals surface area contributed by atoms with Gasteiger partial charge in [0.1, 0.15) is 11.5 Å². The third-order valence-electron chi connectivity index (χ3n) is 7.51. The zero-order chi connectivity index (χ0) is 28.4. The third-order valence-corrected chi connectivity index (χ3v) is 7.51. The Balaban J connectivity index is 1.44. The summed E-state index contributed by atoms with van der Waals surface area (Å²) in [6.07, 6.45) is 4.96. The van der Waals surface area contributed by atoms with Gasteiger partial charge in [0.2, 0.25) is 0 Å². The number of para-hydroxylation sites is 1. The highest BCUT2D eigenvalue weighted by atomic mass is 19.2. The van der Waals surface area contributed by atoms with Crippen LogP contribution in [0.1, 0.15) is 30.0 Å². The number of aryl methyl sites for hydroxylation is 1. The Morgan fingerprint density at radius 3 is 2.58 bits per heavy atom. The number of urea groups is 1. The van der Waals surface area contributed by atoms with E-state index in [1.165, 1.54) is 6.07 Å². The highest BCUT2D eigenvalue weighted by Gasteiger charge is 2.40. The summed E-state index contributed by atoms with van der Waals surface area (Å²) >= 11 is 0. The van der Waals surface area contributed by atoms with Crippen LogP contribution in [0.5, 0.6) is 0 Å². The molecule has 0 spiro atoms. The van der Waals surface area contributed by atoms with E-state index in [0.29, 0.717) is 30.1 Å². The Labute approximate surface area is 231 Å². The van der Waals surface area contributed by atoms with Gasteiger partial charge in [0.05, 0.1) is 24.0 Å². The fourth-order valence-electron chi connectivity index (χ4n) is 5.50. The summed E-state index contributed by atoms with van der Waals surface area (Å²) < 4.78 is 36.6. The Morgan fingerprint density at radius 1 is 1.12 bits per heavy atom. The molecule has 0 saturated carbocycles. The minimum Gasteiger partial charge on any atom is -0.385 e. The first-order chi connectivity index (χ1) is 19.3. The predicted molar refractivity (Wildman–Crippen MR) is 148 cm³/mol. The van der Waals surface area contributed by atoms with E-state index >= 15 is 0 Å². The maximum atomic E-state index is 14.2. The fraction of sp³-hybridized carbons (Fsp3) is 0.345. The summed E-state index contributed by atoms with van der Waals surface area (Å²) in [4.78, 5) is 15.6. The lowest BCUT2D eigenvalue weighted by molar-refractivity contribution is 0.150. The Morgan fingerprint density at radius 2 is 1.90 bits per heavy atom. The Bertz CT molecular complexity index is 1490. The lowest BCUT2D eigenvalue weighted by Gasteiger charge is -2.28. The number of benzene rings is 2. The van der Waals surface area contributed by atoms with E-state index in [-0.39, 0.29) is 18.1 Å². The van der Waals surface area contributed by atoms with Crippen molar-refractivity contribution in [2.75, 3.05) is 26.1 Å². The van der Waals surface area contributed by atoms with Gasteiger partial charge in [-0.05, 0) is 56.6 Å². The smallest absolute Gasteiger partial charge is 0.320 e. The van der Waals surface area contributed by atoms with Crippen LogP contribution in [0.3, 0.4) is 0 Å². The molecule has 210 valence electrons. The molecule has 4 aromatic rings. The van der Waals surface area contributed by atoms with Crippen molar-refractivity contribution in [3.05, 3.63) is 83.7 Å². The van der Waals surface area contributed by atoms with Crippen molar-refractivity contribution in [1.82, 2.24) is 29.8 Å². The second-order valence-electron chi connectivity index (χ2n) is 10.1. The molecule has 5 rings (SSSR count). The number of nitrogens with one attached hydrogen (secondary N) is 2. The van der Waals surface area contributed by atoms with Crippen LogP contribution in [0.25, 0.3) is 16.9 Å². The Kier molecular flexibility index (Phi) is 7.95. The predicted octanol–water partition coefficient (Wildman–Crippen LogP) is 4.83. The second-order valence-corrected chi connectivity index (χ2v) is 10.1. The molecule has 1 aliphatic rings. The lowest BCUT2D eigenvalue weighted by atomic mass is 9.99. The number of likely N-dealkylation sites (tertiary alicyclic amines) is 1. The minimum absolute atomic E-state index is 0.0807. The molecule has 0 bridgehead atoms. The highest BCUT2D eigenvalue weighted by Crippen LogP contribution is 2.37. The van der Waals surface area contributed by atoms with Gasteiger partial charge in [0.15, 0.2) is 11.6 Å². The summed E-state index contributed by atoms with van der Waals surface area (Å²) in [5.74, 6) is -1.30. The first-order valence-electron chi connectivity index (χ1n) is 13.1. The third kappa shape index (κ3) is 5.47. The van der Waals surface area contributed by atoms with Gasteiger partial charge in [0.25, 0.3) is 0 Å². The van der Waals surface area contributed by atoms with Crippen molar-refractivity contribution in [3.8, 4) is 16.9 Å². The number of rotatable bonds is 8. The standard InChI is InChI=1S/C29H33F2N7O2/c1-18-26(20-16-32-36(2)17-20)35-38(21-8-6-5-7-9-21)28(18)34-29(39)33-25-15-22(12-13-40-4)37(3)27(25)19-10-11-23(30)24(31)14-19/h5-11,14,16-17,22,25,27H,12-13,15H2,1-4H3,(H2,33,34,39)/t22?,25-,27+/m1/s1. The molecule has 1 fully saturated rings. The van der Waals surface area contributed by atoms with Crippen molar-refractivity contribution in [1.29, 1.82) is 0 Å². The number of ether oxygens (including phenoxy) is 1. The lowest BCUT2D eigenvalue weighted by Crippen LogP contribution is -2.41. The van der Waals surface area contributed by atoms with E-state index in [0.717, 1.165) is 29.3 Å². The minimum atomic E-state index is -0.917. The largest absolute Gasteiger partial charge is 0.385 e. The average molecular weight is 550 g/mol. The van der Waals surface area contributed by atoms with Crippen molar-refractivity contribution >= 4 is 11.8 Å². The maximum absolute atomic E-state index is 14.2. The van der Waals surface area contributed by atoms with Gasteiger partial charge in [-0.2, -0.15) is 10.2 Å². The molecule has 2 amide bonds. The molecular formula is C29H33F2N7O2. The molecule has 2 aromatic heterocycles. The van der Waals surface area contributed by atoms with Crippen LogP contribution in [-0.4, -0.2) is 63.3 Å². The van der Waals surface area contributed by atoms with Crippen molar-refractivity contribution < 1.29 is 18.3 Å². The maximum Gasteiger partial charge on any atom is 0.320 e. The molecule has 11 heteroatoms. The molecule has 0 aliphatic carbocycles. The number of methoxy groups -OCH3 is 1. The van der Waals surface area contributed by atoms with Gasteiger partial charge < -0.3 is 10.1 Å². The number of likely N-dealkylation sites (N-methyl/N-ethyl adjacent to an activating group) is 1. The molecule has 3 heterocycles. The van der Waals surface area contributed by atoms with E-state index in [1.54, 1.807) is 28.7 Å². The monoisotopic (exact) mass is 549 g/mol. The molecule has 3 atom stereocenters. The van der Waals surface area contributed by atoms with Crippen molar-refractivity contribution in [2.45, 2.75) is 37.9 Å². The molecule has 1 unspecified atom stereocenters. The zero-order valence-electron chi connectivity index (χ0n) is 22.9. The number of carbonyl (C=O) groups excluding carboxylic acids is 1. The zero-order valence-corrected chi connectivity index (χ0v) is 22.9. The van der Waals surface area contributed by atoms with Gasteiger partial charge in [-0.15, -0.1) is 0 Å². The first-order valence-corrected chi connectivity index (χ1v) is 13.1. The number of anilines is 1.